The van der Waals surface area contributed by atoms with E-state index in [9.17, 15) is 4.39 Å². The molecule has 0 bridgehead atoms. The maximum absolute atomic E-state index is 13.6. The summed E-state index contributed by atoms with van der Waals surface area (Å²) in [4.78, 5) is 0. The highest BCUT2D eigenvalue weighted by Crippen LogP contribution is 2.37. The van der Waals surface area contributed by atoms with Gasteiger partial charge in [0.25, 0.3) is 0 Å². The van der Waals surface area contributed by atoms with Crippen molar-refractivity contribution < 1.29 is 4.39 Å². The summed E-state index contributed by atoms with van der Waals surface area (Å²) in [6, 6.07) is 4.87. The third kappa shape index (κ3) is 2.23. The molecule has 1 saturated carbocycles. The van der Waals surface area contributed by atoms with Crippen molar-refractivity contribution in [3.8, 4) is 0 Å². The lowest BCUT2D eigenvalue weighted by molar-refractivity contribution is 0.427. The standard InChI is InChI=1S/C12H15BrFN/c13-9-6-3-7-10(14)11(9)12(15)8-4-1-2-5-8/h3,6-8,12H,1-2,4-5,15H2. The number of nitrogens with two attached hydrogens (primary N) is 1. The summed E-state index contributed by atoms with van der Waals surface area (Å²) in [5.74, 6) is 0.252. The Bertz CT molecular complexity index is 327. The zero-order valence-corrected chi connectivity index (χ0v) is 10.1. The van der Waals surface area contributed by atoms with Crippen molar-refractivity contribution in [1.29, 1.82) is 0 Å². The Morgan fingerprint density at radius 3 is 2.60 bits per heavy atom. The van der Waals surface area contributed by atoms with Gasteiger partial charge in [0, 0.05) is 16.1 Å². The Morgan fingerprint density at radius 1 is 1.33 bits per heavy atom. The predicted octanol–water partition coefficient (Wildman–Crippen LogP) is 3.78. The molecule has 0 amide bonds. The summed E-state index contributed by atoms with van der Waals surface area (Å²) < 4.78 is 14.4. The van der Waals surface area contributed by atoms with E-state index in [0.29, 0.717) is 11.5 Å². The van der Waals surface area contributed by atoms with E-state index in [-0.39, 0.29) is 11.9 Å². The van der Waals surface area contributed by atoms with Gasteiger partial charge < -0.3 is 5.73 Å². The molecule has 1 fully saturated rings. The Labute approximate surface area is 98.0 Å². The topological polar surface area (TPSA) is 26.0 Å². The number of rotatable bonds is 2. The fraction of sp³-hybridized carbons (Fsp3) is 0.500. The van der Waals surface area contributed by atoms with Gasteiger partial charge in [-0.15, -0.1) is 0 Å². The van der Waals surface area contributed by atoms with E-state index in [1.807, 2.05) is 6.07 Å². The minimum absolute atomic E-state index is 0.164. The van der Waals surface area contributed by atoms with Gasteiger partial charge in [-0.1, -0.05) is 34.8 Å². The van der Waals surface area contributed by atoms with Gasteiger partial charge in [-0.2, -0.15) is 0 Å². The van der Waals surface area contributed by atoms with Crippen molar-refractivity contribution in [2.75, 3.05) is 0 Å². The van der Waals surface area contributed by atoms with Gasteiger partial charge in [0.2, 0.25) is 0 Å². The van der Waals surface area contributed by atoms with Crippen molar-refractivity contribution in [1.82, 2.24) is 0 Å². The maximum atomic E-state index is 13.6. The van der Waals surface area contributed by atoms with Crippen LogP contribution in [-0.4, -0.2) is 0 Å². The quantitative estimate of drug-likeness (QED) is 0.871. The molecule has 1 aromatic rings. The summed E-state index contributed by atoms with van der Waals surface area (Å²) in [5, 5.41) is 0. The first kappa shape index (κ1) is 11.1. The second-order valence-corrected chi connectivity index (χ2v) is 5.06. The Balaban J connectivity index is 2.27. The molecule has 15 heavy (non-hydrogen) atoms. The van der Waals surface area contributed by atoms with Gasteiger partial charge in [-0.05, 0) is 30.9 Å². The molecule has 1 aliphatic rings. The SMILES string of the molecule is NC(c1c(F)cccc1Br)C1CCCC1. The third-order valence-corrected chi connectivity index (χ3v) is 3.93. The summed E-state index contributed by atoms with van der Waals surface area (Å²) >= 11 is 3.37. The molecular weight excluding hydrogens is 257 g/mol. The van der Waals surface area contributed by atoms with Crippen molar-refractivity contribution >= 4 is 15.9 Å². The lowest BCUT2D eigenvalue weighted by Crippen LogP contribution is -2.20. The monoisotopic (exact) mass is 271 g/mol. The van der Waals surface area contributed by atoms with Crippen molar-refractivity contribution in [2.45, 2.75) is 31.7 Å². The molecule has 1 aromatic carbocycles. The van der Waals surface area contributed by atoms with Crippen LogP contribution in [0.1, 0.15) is 37.3 Å². The Morgan fingerprint density at radius 2 is 2.00 bits per heavy atom. The lowest BCUT2D eigenvalue weighted by Gasteiger charge is -2.20. The van der Waals surface area contributed by atoms with Crippen LogP contribution < -0.4 is 5.73 Å². The highest BCUT2D eigenvalue weighted by Gasteiger charge is 2.26. The van der Waals surface area contributed by atoms with Crippen molar-refractivity contribution in [3.63, 3.8) is 0 Å². The number of hydrogen-bond acceptors (Lipinski definition) is 1. The number of hydrogen-bond donors (Lipinski definition) is 1. The zero-order chi connectivity index (χ0) is 10.8. The lowest BCUT2D eigenvalue weighted by atomic mass is 9.92. The van der Waals surface area contributed by atoms with Gasteiger partial charge in [0.05, 0.1) is 0 Å². The molecule has 0 aromatic heterocycles. The molecule has 0 heterocycles. The number of benzene rings is 1. The van der Waals surface area contributed by atoms with Crippen LogP contribution in [0.15, 0.2) is 22.7 Å². The highest BCUT2D eigenvalue weighted by molar-refractivity contribution is 9.10. The normalized spacial score (nSPS) is 19.4. The fourth-order valence-corrected chi connectivity index (χ4v) is 2.99. The molecular formula is C12H15BrFN. The molecule has 82 valence electrons. The first-order chi connectivity index (χ1) is 7.20. The van der Waals surface area contributed by atoms with E-state index in [1.165, 1.54) is 18.9 Å². The molecule has 1 aliphatic carbocycles. The van der Waals surface area contributed by atoms with Crippen molar-refractivity contribution in [3.05, 3.63) is 34.1 Å². The molecule has 0 spiro atoms. The van der Waals surface area contributed by atoms with E-state index < -0.39 is 0 Å². The number of halogens is 2. The van der Waals surface area contributed by atoms with Crippen LogP contribution in [0.3, 0.4) is 0 Å². The second kappa shape index (κ2) is 4.62. The van der Waals surface area contributed by atoms with E-state index in [4.69, 9.17) is 5.73 Å². The highest BCUT2D eigenvalue weighted by atomic mass is 79.9. The predicted molar refractivity (Wildman–Crippen MR) is 63.0 cm³/mol. The summed E-state index contributed by atoms with van der Waals surface area (Å²) in [6.45, 7) is 0. The average molecular weight is 272 g/mol. The van der Waals surface area contributed by atoms with E-state index >= 15 is 0 Å². The molecule has 1 unspecified atom stereocenters. The molecule has 2 N–H and O–H groups in total. The van der Waals surface area contributed by atoms with Crippen molar-refractivity contribution in [2.24, 2.45) is 11.7 Å². The molecule has 1 nitrogen and oxygen atoms in total. The van der Waals surface area contributed by atoms with Gasteiger partial charge in [0.1, 0.15) is 5.82 Å². The molecule has 0 saturated heterocycles. The summed E-state index contributed by atoms with van der Waals surface area (Å²) in [5.41, 5.74) is 6.77. The largest absolute Gasteiger partial charge is 0.324 e. The first-order valence-electron chi connectivity index (χ1n) is 5.39. The maximum Gasteiger partial charge on any atom is 0.129 e. The molecule has 0 aliphatic heterocycles. The fourth-order valence-electron chi connectivity index (χ4n) is 2.38. The van der Waals surface area contributed by atoms with Gasteiger partial charge in [0.15, 0.2) is 0 Å². The minimum atomic E-state index is -0.191. The third-order valence-electron chi connectivity index (χ3n) is 3.24. The van der Waals surface area contributed by atoms with Crippen LogP contribution in [-0.2, 0) is 0 Å². The minimum Gasteiger partial charge on any atom is -0.324 e. The van der Waals surface area contributed by atoms with E-state index in [2.05, 4.69) is 15.9 Å². The van der Waals surface area contributed by atoms with Gasteiger partial charge in [-0.25, -0.2) is 4.39 Å². The van der Waals surface area contributed by atoms with Crippen LogP contribution in [0.2, 0.25) is 0 Å². The first-order valence-corrected chi connectivity index (χ1v) is 6.19. The van der Waals surface area contributed by atoms with Gasteiger partial charge in [-0.3, -0.25) is 0 Å². The van der Waals surface area contributed by atoms with E-state index in [0.717, 1.165) is 17.3 Å². The molecule has 0 radical (unpaired) electrons. The summed E-state index contributed by atoms with van der Waals surface area (Å²) in [7, 11) is 0. The molecule has 3 heteroatoms. The van der Waals surface area contributed by atoms with Crippen LogP contribution in [0.5, 0.6) is 0 Å². The van der Waals surface area contributed by atoms with Crippen LogP contribution in [0, 0.1) is 11.7 Å². The van der Waals surface area contributed by atoms with Gasteiger partial charge >= 0.3 is 0 Å². The Hall–Kier alpha value is -0.410. The van der Waals surface area contributed by atoms with Crippen LogP contribution in [0.25, 0.3) is 0 Å². The average Bonchev–Trinajstić information content (AvgIpc) is 2.69. The summed E-state index contributed by atoms with van der Waals surface area (Å²) in [6.07, 6.45) is 4.71. The van der Waals surface area contributed by atoms with Crippen LogP contribution in [0.4, 0.5) is 4.39 Å². The zero-order valence-electron chi connectivity index (χ0n) is 8.55. The molecule has 2 rings (SSSR count). The second-order valence-electron chi connectivity index (χ2n) is 4.21. The van der Waals surface area contributed by atoms with Crippen LogP contribution >= 0.6 is 15.9 Å². The Kier molecular flexibility index (Phi) is 3.42. The molecule has 1 atom stereocenters. The van der Waals surface area contributed by atoms with E-state index in [1.54, 1.807) is 6.07 Å². The smallest absolute Gasteiger partial charge is 0.129 e.